The van der Waals surface area contributed by atoms with Crippen molar-refractivity contribution in [3.8, 4) is 0 Å². The minimum atomic E-state index is 0. The highest BCUT2D eigenvalue weighted by Gasteiger charge is 2.40. The molecule has 0 spiro atoms. The highest BCUT2D eigenvalue weighted by atomic mass is 15.2. The third-order valence-electron chi connectivity index (χ3n) is 7.36. The summed E-state index contributed by atoms with van der Waals surface area (Å²) < 4.78 is 0. The van der Waals surface area contributed by atoms with Crippen molar-refractivity contribution in [3.05, 3.63) is 0 Å². The number of piperidine rings is 2. The molecular weight excluding hydrogens is 380 g/mol. The maximum absolute atomic E-state index is 3.81. The van der Waals surface area contributed by atoms with Crippen molar-refractivity contribution in [2.24, 2.45) is 0 Å². The van der Waals surface area contributed by atoms with Gasteiger partial charge < -0.3 is 20.4 Å². The lowest BCUT2D eigenvalue weighted by molar-refractivity contribution is 0.0782. The summed E-state index contributed by atoms with van der Waals surface area (Å²) in [7, 11) is 4.69. The molecular formula is C27H58N4. The third-order valence-corrected chi connectivity index (χ3v) is 7.36. The summed E-state index contributed by atoms with van der Waals surface area (Å²) in [6.07, 6.45) is 10.4. The fraction of sp³-hybridized carbons (Fsp3) is 1.00. The Kier molecular flexibility index (Phi) is 10.1. The molecule has 31 heavy (non-hydrogen) atoms. The van der Waals surface area contributed by atoms with Crippen molar-refractivity contribution in [1.29, 1.82) is 0 Å². The van der Waals surface area contributed by atoms with E-state index in [9.17, 15) is 0 Å². The van der Waals surface area contributed by atoms with Crippen LogP contribution in [0.25, 0.3) is 0 Å². The van der Waals surface area contributed by atoms with Gasteiger partial charge in [-0.05, 0) is 121 Å². The Morgan fingerprint density at radius 3 is 1.06 bits per heavy atom. The van der Waals surface area contributed by atoms with E-state index in [1.807, 2.05) is 0 Å². The number of nitrogens with one attached hydrogen (secondary N) is 2. The van der Waals surface area contributed by atoms with Gasteiger partial charge in [-0.1, -0.05) is 20.3 Å². The van der Waals surface area contributed by atoms with Crippen LogP contribution in [0.2, 0.25) is 0 Å². The van der Waals surface area contributed by atoms with Gasteiger partial charge in [0.1, 0.15) is 0 Å². The van der Waals surface area contributed by atoms with E-state index in [4.69, 9.17) is 0 Å². The fourth-order valence-electron chi connectivity index (χ4n) is 6.60. The molecule has 0 atom stereocenters. The van der Waals surface area contributed by atoms with Crippen LogP contribution in [0.15, 0.2) is 0 Å². The second-order valence-electron chi connectivity index (χ2n) is 13.3. The molecule has 0 unspecified atom stereocenters. The van der Waals surface area contributed by atoms with E-state index in [0.717, 1.165) is 0 Å². The first kappa shape index (κ1) is 28.9. The second kappa shape index (κ2) is 10.8. The monoisotopic (exact) mass is 438 g/mol. The van der Waals surface area contributed by atoms with Crippen molar-refractivity contribution in [2.45, 2.75) is 148 Å². The van der Waals surface area contributed by atoms with Gasteiger partial charge in [0.05, 0.1) is 0 Å². The summed E-state index contributed by atoms with van der Waals surface area (Å²) in [5.74, 6) is 0. The Morgan fingerprint density at radius 2 is 0.806 bits per heavy atom. The van der Waals surface area contributed by atoms with Crippen LogP contribution >= 0.6 is 0 Å². The molecule has 2 aliphatic rings. The van der Waals surface area contributed by atoms with E-state index in [1.165, 1.54) is 64.5 Å². The topological polar surface area (TPSA) is 30.5 Å². The van der Waals surface area contributed by atoms with Gasteiger partial charge in [-0.3, -0.25) is 0 Å². The van der Waals surface area contributed by atoms with Gasteiger partial charge >= 0.3 is 0 Å². The molecule has 186 valence electrons. The Morgan fingerprint density at radius 1 is 0.548 bits per heavy atom. The number of hydrogen-bond acceptors (Lipinski definition) is 4. The van der Waals surface area contributed by atoms with Crippen LogP contribution in [-0.2, 0) is 0 Å². The summed E-state index contributed by atoms with van der Waals surface area (Å²) in [4.78, 5) is 5.27. The predicted octanol–water partition coefficient (Wildman–Crippen LogP) is 5.66. The molecule has 0 saturated carbocycles. The van der Waals surface area contributed by atoms with Crippen LogP contribution in [0.1, 0.15) is 114 Å². The van der Waals surface area contributed by atoms with Crippen LogP contribution < -0.4 is 10.6 Å². The fourth-order valence-corrected chi connectivity index (χ4v) is 6.60. The number of hydrogen-bond donors (Lipinski definition) is 2. The van der Waals surface area contributed by atoms with E-state index < -0.39 is 0 Å². The molecule has 0 aliphatic carbocycles. The second-order valence-corrected chi connectivity index (χ2v) is 13.3. The molecule has 0 aromatic heterocycles. The number of nitrogens with zero attached hydrogens (tertiary/aromatic N) is 2. The molecule has 0 aromatic rings. The van der Waals surface area contributed by atoms with Gasteiger partial charge in [-0.2, -0.15) is 0 Å². The first-order valence-electron chi connectivity index (χ1n) is 12.6. The van der Waals surface area contributed by atoms with Crippen LogP contribution in [0.5, 0.6) is 0 Å². The normalized spacial score (nSPS) is 25.5. The minimum absolute atomic E-state index is 0. The average molecular weight is 439 g/mol. The molecule has 0 bridgehead atoms. The van der Waals surface area contributed by atoms with Crippen molar-refractivity contribution >= 4 is 0 Å². The SMILES string of the molecule is C.CN(CCCCCCN(C)C1CC(C)(C)NC(C)(C)C1)C1CC(C)(C)NC(C)(C)C1. The largest absolute Gasteiger partial charge is 0.307 e. The Hall–Kier alpha value is -0.160. The first-order chi connectivity index (χ1) is 13.6. The Labute approximate surface area is 196 Å². The Bertz CT molecular complexity index is 457. The van der Waals surface area contributed by atoms with Gasteiger partial charge in [0, 0.05) is 34.2 Å². The molecule has 2 N–H and O–H groups in total. The Balaban J connectivity index is 0.00000480. The van der Waals surface area contributed by atoms with Gasteiger partial charge in [-0.25, -0.2) is 0 Å². The quantitative estimate of drug-likeness (QED) is 0.454. The predicted molar refractivity (Wildman–Crippen MR) is 139 cm³/mol. The van der Waals surface area contributed by atoms with Gasteiger partial charge in [-0.15, -0.1) is 0 Å². The van der Waals surface area contributed by atoms with Gasteiger partial charge in [0.2, 0.25) is 0 Å². The van der Waals surface area contributed by atoms with Gasteiger partial charge in [0.25, 0.3) is 0 Å². The highest BCUT2D eigenvalue weighted by Crippen LogP contribution is 2.32. The molecule has 0 aromatic carbocycles. The molecule has 0 amide bonds. The molecule has 2 saturated heterocycles. The van der Waals surface area contributed by atoms with Crippen LogP contribution in [-0.4, -0.2) is 71.2 Å². The average Bonchev–Trinajstić information content (AvgIpc) is 2.51. The van der Waals surface area contributed by atoms with Gasteiger partial charge in [0.15, 0.2) is 0 Å². The van der Waals surface area contributed by atoms with Crippen molar-refractivity contribution in [1.82, 2.24) is 20.4 Å². The van der Waals surface area contributed by atoms with E-state index >= 15 is 0 Å². The van der Waals surface area contributed by atoms with E-state index in [-0.39, 0.29) is 29.6 Å². The van der Waals surface area contributed by atoms with E-state index in [0.29, 0.717) is 12.1 Å². The lowest BCUT2D eigenvalue weighted by Crippen LogP contribution is -2.61. The third kappa shape index (κ3) is 9.70. The molecule has 2 rings (SSSR count). The summed E-state index contributed by atoms with van der Waals surface area (Å²) in [5.41, 5.74) is 0.956. The van der Waals surface area contributed by atoms with Crippen LogP contribution in [0, 0.1) is 0 Å². The molecule has 2 fully saturated rings. The van der Waals surface area contributed by atoms with E-state index in [2.05, 4.69) is 89.9 Å². The maximum Gasteiger partial charge on any atom is 0.0145 e. The lowest BCUT2D eigenvalue weighted by atomic mass is 9.79. The van der Waals surface area contributed by atoms with E-state index in [1.54, 1.807) is 0 Å². The zero-order valence-corrected chi connectivity index (χ0v) is 22.1. The maximum atomic E-state index is 3.81. The summed E-state index contributed by atoms with van der Waals surface area (Å²) in [6, 6.07) is 1.41. The van der Waals surface area contributed by atoms with Crippen molar-refractivity contribution in [2.75, 3.05) is 27.2 Å². The molecule has 2 aliphatic heterocycles. The number of rotatable bonds is 9. The standard InChI is InChI=1S/C26H54N4.CH4/c1-23(2)17-21(18-24(3,4)27-23)29(9)15-13-11-12-14-16-30(10)22-19-25(5,6)28-26(7,8)20-22;/h21-22,27-28H,11-20H2,1-10H3;1H4. The molecule has 0 radical (unpaired) electrons. The summed E-state index contributed by atoms with van der Waals surface area (Å²) >= 11 is 0. The summed E-state index contributed by atoms with van der Waals surface area (Å²) in [6.45, 7) is 21.3. The van der Waals surface area contributed by atoms with Crippen LogP contribution in [0.3, 0.4) is 0 Å². The zero-order chi connectivity index (χ0) is 22.8. The minimum Gasteiger partial charge on any atom is -0.307 e. The zero-order valence-electron chi connectivity index (χ0n) is 22.1. The molecule has 4 nitrogen and oxygen atoms in total. The lowest BCUT2D eigenvalue weighted by Gasteiger charge is -2.49. The molecule has 2 heterocycles. The smallest absolute Gasteiger partial charge is 0.0145 e. The summed E-state index contributed by atoms with van der Waals surface area (Å²) in [5, 5.41) is 7.63. The van der Waals surface area contributed by atoms with Crippen LogP contribution in [0.4, 0.5) is 0 Å². The molecule has 4 heteroatoms. The highest BCUT2D eigenvalue weighted by molar-refractivity contribution is 5.00. The first-order valence-corrected chi connectivity index (χ1v) is 12.6. The number of unbranched alkanes of at least 4 members (excludes halogenated alkanes) is 3. The van der Waals surface area contributed by atoms with Crippen molar-refractivity contribution in [3.63, 3.8) is 0 Å². The van der Waals surface area contributed by atoms with Crippen molar-refractivity contribution < 1.29 is 0 Å².